The van der Waals surface area contributed by atoms with Gasteiger partial charge in [-0.05, 0) is 50.6 Å². The summed E-state index contributed by atoms with van der Waals surface area (Å²) in [4.78, 5) is 40.6. The molecule has 0 atom stereocenters. The zero-order valence-electron chi connectivity index (χ0n) is 18.2. The number of ketones is 1. The van der Waals surface area contributed by atoms with E-state index in [0.29, 0.717) is 23.3 Å². The van der Waals surface area contributed by atoms with E-state index < -0.39 is 11.8 Å². The highest BCUT2D eigenvalue weighted by Crippen LogP contribution is 2.36. The van der Waals surface area contributed by atoms with Crippen LogP contribution in [-0.4, -0.2) is 22.2 Å². The number of aryl methyl sites for hydroxylation is 2. The molecule has 0 spiro atoms. The Labute approximate surface area is 185 Å². The summed E-state index contributed by atoms with van der Waals surface area (Å²) in [7, 11) is 0. The quantitative estimate of drug-likeness (QED) is 0.331. The molecule has 0 unspecified atom stereocenters. The number of fused-ring (bicyclic) bond motifs is 3. The monoisotopic (exact) mass is 422 g/mol. The zero-order valence-corrected chi connectivity index (χ0v) is 18.2. The first-order valence-electron chi connectivity index (χ1n) is 10.5. The second-order valence-corrected chi connectivity index (χ2v) is 8.39. The lowest BCUT2D eigenvalue weighted by Gasteiger charge is -2.13. The third-order valence-electron chi connectivity index (χ3n) is 5.91. The highest BCUT2D eigenvalue weighted by atomic mass is 16.2. The Bertz CT molecular complexity index is 1410. The second-order valence-electron chi connectivity index (χ2n) is 8.39. The molecule has 1 aliphatic heterocycles. The number of para-hydroxylation sites is 1. The van der Waals surface area contributed by atoms with E-state index in [1.807, 2.05) is 22.9 Å². The van der Waals surface area contributed by atoms with E-state index in [2.05, 4.69) is 32.0 Å². The van der Waals surface area contributed by atoms with E-state index in [1.165, 1.54) is 23.0 Å². The minimum absolute atomic E-state index is 0.194. The molecule has 158 valence electrons. The van der Waals surface area contributed by atoms with Crippen LogP contribution in [0.5, 0.6) is 0 Å². The SMILES string of the molecule is CC(=O)c1cc2ccn(Cc3cc(C)cc(C)c3)c2c2c1C(=O)N(c1ccccc1)C2=O. The van der Waals surface area contributed by atoms with Gasteiger partial charge in [-0.3, -0.25) is 14.4 Å². The first kappa shape index (κ1) is 19.9. The summed E-state index contributed by atoms with van der Waals surface area (Å²) < 4.78 is 1.99. The molecule has 0 bridgehead atoms. The van der Waals surface area contributed by atoms with Gasteiger partial charge in [0.05, 0.1) is 22.3 Å². The minimum Gasteiger partial charge on any atom is -0.342 e. The Kier molecular flexibility index (Phi) is 4.55. The average Bonchev–Trinajstić information content (AvgIpc) is 3.25. The van der Waals surface area contributed by atoms with E-state index in [0.717, 1.165) is 10.9 Å². The summed E-state index contributed by atoms with van der Waals surface area (Å²) in [5, 5.41) is 0.773. The topological polar surface area (TPSA) is 59.4 Å². The van der Waals surface area contributed by atoms with E-state index in [-0.39, 0.29) is 16.9 Å². The maximum atomic E-state index is 13.6. The van der Waals surface area contributed by atoms with Crippen molar-refractivity contribution in [2.45, 2.75) is 27.3 Å². The molecule has 0 saturated carbocycles. The summed E-state index contributed by atoms with van der Waals surface area (Å²) in [6.07, 6.45) is 1.91. The Morgan fingerprint density at radius 3 is 2.16 bits per heavy atom. The summed E-state index contributed by atoms with van der Waals surface area (Å²) in [6.45, 7) is 6.10. The Hall–Kier alpha value is -3.99. The molecule has 5 rings (SSSR count). The second kappa shape index (κ2) is 7.31. The molecule has 0 radical (unpaired) electrons. The predicted octanol–water partition coefficient (Wildman–Crippen LogP) is 5.31. The van der Waals surface area contributed by atoms with Gasteiger partial charge in [0.1, 0.15) is 0 Å². The first-order chi connectivity index (χ1) is 15.3. The molecule has 4 aromatic rings. The molecule has 0 aliphatic carbocycles. The summed E-state index contributed by atoms with van der Waals surface area (Å²) >= 11 is 0. The van der Waals surface area contributed by atoms with Gasteiger partial charge in [0.2, 0.25) is 0 Å². The van der Waals surface area contributed by atoms with Crippen LogP contribution in [0.4, 0.5) is 5.69 Å². The van der Waals surface area contributed by atoms with Crippen molar-refractivity contribution in [1.82, 2.24) is 4.57 Å². The van der Waals surface area contributed by atoms with E-state index in [9.17, 15) is 14.4 Å². The summed E-state index contributed by atoms with van der Waals surface area (Å²) in [5.41, 5.74) is 5.41. The summed E-state index contributed by atoms with van der Waals surface area (Å²) in [5.74, 6) is -1.09. The molecule has 5 nitrogen and oxygen atoms in total. The standard InChI is InChI=1S/C27H22N2O3/c1-16-11-17(2)13-19(12-16)15-28-10-9-20-14-22(18(3)30)23-24(25(20)28)27(32)29(26(23)31)21-7-5-4-6-8-21/h4-14H,15H2,1-3H3. The number of Topliss-reactive ketones (excluding diaryl/α,β-unsaturated/α-hetero) is 1. The highest BCUT2D eigenvalue weighted by Gasteiger charge is 2.41. The molecule has 2 heterocycles. The van der Waals surface area contributed by atoms with Crippen molar-refractivity contribution in [1.29, 1.82) is 0 Å². The zero-order chi connectivity index (χ0) is 22.6. The molecule has 5 heteroatoms. The van der Waals surface area contributed by atoms with Crippen molar-refractivity contribution in [3.05, 3.63) is 100 Å². The van der Waals surface area contributed by atoms with Crippen LogP contribution < -0.4 is 4.90 Å². The van der Waals surface area contributed by atoms with Crippen LogP contribution in [0.15, 0.2) is 66.9 Å². The molecular weight excluding hydrogens is 400 g/mol. The number of carbonyl (C=O) groups is 3. The predicted molar refractivity (Wildman–Crippen MR) is 125 cm³/mol. The van der Waals surface area contributed by atoms with E-state index in [1.54, 1.807) is 30.3 Å². The van der Waals surface area contributed by atoms with Crippen LogP contribution in [0.1, 0.15) is 54.7 Å². The number of benzene rings is 3. The van der Waals surface area contributed by atoms with Crippen LogP contribution in [0.2, 0.25) is 0 Å². The van der Waals surface area contributed by atoms with Gasteiger partial charge in [0.15, 0.2) is 5.78 Å². The van der Waals surface area contributed by atoms with Crippen molar-refractivity contribution in [2.75, 3.05) is 4.90 Å². The van der Waals surface area contributed by atoms with Gasteiger partial charge in [-0.2, -0.15) is 0 Å². The normalized spacial score (nSPS) is 13.2. The van der Waals surface area contributed by atoms with Crippen LogP contribution in [0.3, 0.4) is 0 Å². The Morgan fingerprint density at radius 1 is 0.844 bits per heavy atom. The van der Waals surface area contributed by atoms with Gasteiger partial charge in [0, 0.05) is 23.7 Å². The van der Waals surface area contributed by atoms with Gasteiger partial charge in [-0.25, -0.2) is 4.90 Å². The lowest BCUT2D eigenvalue weighted by molar-refractivity contribution is 0.0920. The van der Waals surface area contributed by atoms with Gasteiger partial charge < -0.3 is 4.57 Å². The third-order valence-corrected chi connectivity index (χ3v) is 5.91. The van der Waals surface area contributed by atoms with Gasteiger partial charge in [-0.15, -0.1) is 0 Å². The number of nitrogens with zero attached hydrogens (tertiary/aromatic N) is 2. The molecule has 3 aromatic carbocycles. The lowest BCUT2D eigenvalue weighted by Crippen LogP contribution is -2.29. The van der Waals surface area contributed by atoms with Gasteiger partial charge in [0.25, 0.3) is 11.8 Å². The number of hydrogen-bond donors (Lipinski definition) is 0. The van der Waals surface area contributed by atoms with Gasteiger partial charge >= 0.3 is 0 Å². The minimum atomic E-state index is -0.456. The van der Waals surface area contributed by atoms with Crippen molar-refractivity contribution in [3.8, 4) is 0 Å². The van der Waals surface area contributed by atoms with E-state index in [4.69, 9.17) is 0 Å². The fourth-order valence-electron chi connectivity index (χ4n) is 4.70. The maximum absolute atomic E-state index is 13.6. The van der Waals surface area contributed by atoms with Crippen LogP contribution in [0.25, 0.3) is 10.9 Å². The van der Waals surface area contributed by atoms with Crippen LogP contribution in [0, 0.1) is 13.8 Å². The highest BCUT2D eigenvalue weighted by molar-refractivity contribution is 6.39. The molecule has 32 heavy (non-hydrogen) atoms. The van der Waals surface area contributed by atoms with Crippen molar-refractivity contribution >= 4 is 34.2 Å². The lowest BCUT2D eigenvalue weighted by atomic mass is 9.97. The van der Waals surface area contributed by atoms with Crippen molar-refractivity contribution in [2.24, 2.45) is 0 Å². The number of aromatic nitrogens is 1. The summed E-state index contributed by atoms with van der Waals surface area (Å²) in [6, 6.07) is 18.8. The van der Waals surface area contributed by atoms with Crippen LogP contribution in [-0.2, 0) is 6.54 Å². The smallest absolute Gasteiger partial charge is 0.268 e. The number of rotatable bonds is 4. The molecular formula is C27H22N2O3. The van der Waals surface area contributed by atoms with Crippen molar-refractivity contribution < 1.29 is 14.4 Å². The number of hydrogen-bond acceptors (Lipinski definition) is 3. The third kappa shape index (κ3) is 3.05. The molecule has 1 aliphatic rings. The van der Waals surface area contributed by atoms with Crippen molar-refractivity contribution in [3.63, 3.8) is 0 Å². The molecule has 0 saturated heterocycles. The number of amides is 2. The van der Waals surface area contributed by atoms with E-state index >= 15 is 0 Å². The Balaban J connectivity index is 1.73. The Morgan fingerprint density at radius 2 is 1.50 bits per heavy atom. The molecule has 1 aromatic heterocycles. The first-order valence-corrected chi connectivity index (χ1v) is 10.5. The number of carbonyl (C=O) groups excluding carboxylic acids is 3. The largest absolute Gasteiger partial charge is 0.342 e. The van der Waals surface area contributed by atoms with Crippen LogP contribution >= 0.6 is 0 Å². The number of imide groups is 1. The molecule has 0 fully saturated rings. The molecule has 2 amide bonds. The fraction of sp³-hybridized carbons (Fsp3) is 0.148. The number of anilines is 1. The molecule has 0 N–H and O–H groups in total. The average molecular weight is 422 g/mol. The fourth-order valence-corrected chi connectivity index (χ4v) is 4.70. The van der Waals surface area contributed by atoms with Gasteiger partial charge in [-0.1, -0.05) is 47.5 Å². The maximum Gasteiger partial charge on any atom is 0.268 e.